The van der Waals surface area contributed by atoms with Crippen LogP contribution in [0.2, 0.25) is 0 Å². The van der Waals surface area contributed by atoms with Gasteiger partial charge in [-0.3, -0.25) is 4.79 Å². The highest BCUT2D eigenvalue weighted by Gasteiger charge is 2.19. The van der Waals surface area contributed by atoms with E-state index in [1.165, 1.54) is 12.1 Å². The lowest BCUT2D eigenvalue weighted by atomic mass is 10.1. The molecule has 0 bridgehead atoms. The quantitative estimate of drug-likeness (QED) is 0.860. The normalized spacial score (nSPS) is 19.8. The van der Waals surface area contributed by atoms with Crippen molar-refractivity contribution in [3.63, 3.8) is 0 Å². The molecule has 108 valence electrons. The van der Waals surface area contributed by atoms with Gasteiger partial charge in [0.1, 0.15) is 5.82 Å². The van der Waals surface area contributed by atoms with Crippen LogP contribution in [0.15, 0.2) is 30.3 Å². The van der Waals surface area contributed by atoms with E-state index in [-0.39, 0.29) is 11.7 Å². The van der Waals surface area contributed by atoms with Gasteiger partial charge in [0.25, 0.3) is 0 Å². The van der Waals surface area contributed by atoms with Gasteiger partial charge in [0.15, 0.2) is 0 Å². The number of likely N-dealkylation sites (N-methyl/N-ethyl adjacent to an activating group) is 1. The molecule has 1 aliphatic heterocycles. The van der Waals surface area contributed by atoms with Crippen LogP contribution in [-0.4, -0.2) is 37.0 Å². The fourth-order valence-electron chi connectivity index (χ4n) is 2.43. The highest BCUT2D eigenvalue weighted by molar-refractivity contribution is 5.91. The van der Waals surface area contributed by atoms with Crippen LogP contribution in [0, 0.1) is 5.82 Å². The van der Waals surface area contributed by atoms with Crippen LogP contribution in [0.25, 0.3) is 6.08 Å². The maximum absolute atomic E-state index is 12.8. The zero-order chi connectivity index (χ0) is 14.4. The Balaban J connectivity index is 1.94. The number of hydrogen-bond donors (Lipinski definition) is 1. The van der Waals surface area contributed by atoms with Crippen LogP contribution in [0.4, 0.5) is 4.39 Å². The number of nitrogens with zero attached hydrogens (tertiary/aromatic N) is 1. The Hall–Kier alpha value is -1.68. The number of hydrogen-bond acceptors (Lipinski definition) is 2. The Morgan fingerprint density at radius 1 is 1.30 bits per heavy atom. The van der Waals surface area contributed by atoms with Gasteiger partial charge in [0.2, 0.25) is 5.91 Å². The second kappa shape index (κ2) is 7.20. The van der Waals surface area contributed by atoms with Crippen LogP contribution in [0.1, 0.15) is 24.8 Å². The molecule has 1 heterocycles. The first-order chi connectivity index (χ1) is 9.66. The van der Waals surface area contributed by atoms with Gasteiger partial charge >= 0.3 is 0 Å². The largest absolute Gasteiger partial charge is 0.339 e. The first-order valence-electron chi connectivity index (χ1n) is 7.08. The third-order valence-electron chi connectivity index (χ3n) is 3.73. The van der Waals surface area contributed by atoms with Gasteiger partial charge in [-0.2, -0.15) is 0 Å². The molecule has 0 aromatic heterocycles. The number of benzene rings is 1. The van der Waals surface area contributed by atoms with Crippen molar-refractivity contribution in [1.29, 1.82) is 0 Å². The SMILES string of the molecule is CN(C(=O)/C=C/c1ccc(F)cc1)C1CCCNCC1. The van der Waals surface area contributed by atoms with E-state index in [1.54, 1.807) is 24.3 Å². The fourth-order valence-corrected chi connectivity index (χ4v) is 2.43. The molecule has 0 saturated carbocycles. The summed E-state index contributed by atoms with van der Waals surface area (Å²) in [6.07, 6.45) is 6.43. The molecule has 1 aromatic rings. The van der Waals surface area contributed by atoms with Gasteiger partial charge in [-0.05, 0) is 56.1 Å². The van der Waals surface area contributed by atoms with Crippen LogP contribution in [-0.2, 0) is 4.79 Å². The fraction of sp³-hybridized carbons (Fsp3) is 0.438. The molecule has 1 unspecified atom stereocenters. The Labute approximate surface area is 119 Å². The topological polar surface area (TPSA) is 32.3 Å². The Kier molecular flexibility index (Phi) is 5.30. The number of carbonyl (C=O) groups excluding carboxylic acids is 1. The minimum Gasteiger partial charge on any atom is -0.339 e. The van der Waals surface area contributed by atoms with E-state index in [0.29, 0.717) is 6.04 Å². The number of amides is 1. The molecule has 0 spiro atoms. The molecule has 1 atom stereocenters. The second-order valence-electron chi connectivity index (χ2n) is 5.17. The van der Waals surface area contributed by atoms with Gasteiger partial charge < -0.3 is 10.2 Å². The summed E-state index contributed by atoms with van der Waals surface area (Å²) in [6.45, 7) is 1.99. The van der Waals surface area contributed by atoms with Crippen molar-refractivity contribution in [3.05, 3.63) is 41.7 Å². The molecule has 1 aliphatic rings. The summed E-state index contributed by atoms with van der Waals surface area (Å²) in [5, 5.41) is 3.34. The molecule has 4 heteroatoms. The third-order valence-corrected chi connectivity index (χ3v) is 3.73. The number of carbonyl (C=O) groups is 1. The van der Waals surface area contributed by atoms with Gasteiger partial charge in [-0.1, -0.05) is 12.1 Å². The number of rotatable bonds is 3. The molecule has 0 radical (unpaired) electrons. The lowest BCUT2D eigenvalue weighted by Crippen LogP contribution is -2.36. The summed E-state index contributed by atoms with van der Waals surface area (Å²) >= 11 is 0. The molecule has 3 nitrogen and oxygen atoms in total. The predicted molar refractivity (Wildman–Crippen MR) is 78.7 cm³/mol. The molecule has 20 heavy (non-hydrogen) atoms. The molecule has 0 aliphatic carbocycles. The van der Waals surface area contributed by atoms with Crippen LogP contribution >= 0.6 is 0 Å². The lowest BCUT2D eigenvalue weighted by molar-refractivity contribution is -0.126. The van der Waals surface area contributed by atoms with Crippen molar-refractivity contribution in [2.45, 2.75) is 25.3 Å². The first-order valence-corrected chi connectivity index (χ1v) is 7.08. The van der Waals surface area contributed by atoms with Crippen molar-refractivity contribution in [1.82, 2.24) is 10.2 Å². The molecule has 1 N–H and O–H groups in total. The smallest absolute Gasteiger partial charge is 0.246 e. The highest BCUT2D eigenvalue weighted by atomic mass is 19.1. The van der Waals surface area contributed by atoms with E-state index in [4.69, 9.17) is 0 Å². The maximum Gasteiger partial charge on any atom is 0.246 e. The summed E-state index contributed by atoms with van der Waals surface area (Å²) in [6, 6.07) is 6.41. The number of halogens is 1. The summed E-state index contributed by atoms with van der Waals surface area (Å²) < 4.78 is 12.8. The van der Waals surface area contributed by atoms with Crippen molar-refractivity contribution >= 4 is 12.0 Å². The number of nitrogens with one attached hydrogen (secondary N) is 1. The van der Waals surface area contributed by atoms with E-state index >= 15 is 0 Å². The van der Waals surface area contributed by atoms with E-state index in [2.05, 4.69) is 5.32 Å². The van der Waals surface area contributed by atoms with Gasteiger partial charge in [0.05, 0.1) is 0 Å². The molecular formula is C16H21FN2O. The van der Waals surface area contributed by atoms with Crippen LogP contribution in [0.3, 0.4) is 0 Å². The van der Waals surface area contributed by atoms with Crippen molar-refractivity contribution < 1.29 is 9.18 Å². The van der Waals surface area contributed by atoms with Crippen LogP contribution in [0.5, 0.6) is 0 Å². The molecule has 1 aromatic carbocycles. The molecule has 1 amide bonds. The molecule has 1 fully saturated rings. The second-order valence-corrected chi connectivity index (χ2v) is 5.17. The zero-order valence-electron chi connectivity index (χ0n) is 11.8. The van der Waals surface area contributed by atoms with Crippen molar-refractivity contribution in [2.24, 2.45) is 0 Å². The summed E-state index contributed by atoms with van der Waals surface area (Å²) in [4.78, 5) is 14.0. The van der Waals surface area contributed by atoms with E-state index in [9.17, 15) is 9.18 Å². The average molecular weight is 276 g/mol. The maximum atomic E-state index is 12.8. The molecule has 2 rings (SSSR count). The Morgan fingerprint density at radius 2 is 2.05 bits per heavy atom. The minimum absolute atomic E-state index is 0.00113. The van der Waals surface area contributed by atoms with E-state index in [0.717, 1.165) is 37.9 Å². The molecular weight excluding hydrogens is 255 g/mol. The summed E-state index contributed by atoms with van der Waals surface area (Å²) in [5.74, 6) is -0.266. The van der Waals surface area contributed by atoms with E-state index < -0.39 is 0 Å². The minimum atomic E-state index is -0.267. The lowest BCUT2D eigenvalue weighted by Gasteiger charge is -2.25. The monoisotopic (exact) mass is 276 g/mol. The van der Waals surface area contributed by atoms with Gasteiger partial charge in [-0.15, -0.1) is 0 Å². The first kappa shape index (κ1) is 14.7. The standard InChI is InChI=1S/C16H21FN2O/c1-19(15-3-2-11-18-12-10-15)16(20)9-6-13-4-7-14(17)8-5-13/h4-9,15,18H,2-3,10-12H2,1H3/b9-6+. The van der Waals surface area contributed by atoms with Gasteiger partial charge in [0, 0.05) is 19.2 Å². The third kappa shape index (κ3) is 4.17. The van der Waals surface area contributed by atoms with Crippen molar-refractivity contribution in [2.75, 3.05) is 20.1 Å². The van der Waals surface area contributed by atoms with E-state index in [1.807, 2.05) is 11.9 Å². The highest BCUT2D eigenvalue weighted by Crippen LogP contribution is 2.13. The summed E-state index contributed by atoms with van der Waals surface area (Å²) in [7, 11) is 1.85. The predicted octanol–water partition coefficient (Wildman–Crippen LogP) is 2.44. The average Bonchev–Trinajstić information content (AvgIpc) is 2.74. The summed E-state index contributed by atoms with van der Waals surface area (Å²) in [5.41, 5.74) is 0.829. The molecule has 1 saturated heterocycles. The zero-order valence-corrected chi connectivity index (χ0v) is 11.8. The van der Waals surface area contributed by atoms with Gasteiger partial charge in [-0.25, -0.2) is 4.39 Å². The Bertz CT molecular complexity index is 462. The Morgan fingerprint density at radius 3 is 2.80 bits per heavy atom. The van der Waals surface area contributed by atoms with Crippen molar-refractivity contribution in [3.8, 4) is 0 Å². The van der Waals surface area contributed by atoms with Crippen LogP contribution < -0.4 is 5.32 Å².